The SMILES string of the molecule is O=CN(c1ccc(Br)cc1)c1ccc(Br)cc1. The number of halogens is 2. The summed E-state index contributed by atoms with van der Waals surface area (Å²) in [6.07, 6.45) is 0.812. The summed E-state index contributed by atoms with van der Waals surface area (Å²) in [5, 5.41) is 0. The third-order valence-corrected chi connectivity index (χ3v) is 3.37. The molecule has 0 unspecified atom stereocenters. The molecule has 0 aliphatic heterocycles. The third kappa shape index (κ3) is 2.96. The van der Waals surface area contributed by atoms with E-state index in [0.29, 0.717) is 0 Å². The van der Waals surface area contributed by atoms with Crippen molar-refractivity contribution in [2.75, 3.05) is 4.90 Å². The normalized spacial score (nSPS) is 10.0. The Morgan fingerprint density at radius 2 is 1.12 bits per heavy atom. The maximum absolute atomic E-state index is 11.2. The molecule has 2 aromatic rings. The fourth-order valence-corrected chi connectivity index (χ4v) is 2.00. The van der Waals surface area contributed by atoms with Crippen LogP contribution in [0.3, 0.4) is 0 Å². The number of benzene rings is 2. The fourth-order valence-electron chi connectivity index (χ4n) is 1.47. The van der Waals surface area contributed by atoms with Crippen molar-refractivity contribution in [2.45, 2.75) is 0 Å². The van der Waals surface area contributed by atoms with Gasteiger partial charge in [-0.3, -0.25) is 9.69 Å². The van der Waals surface area contributed by atoms with Crippen LogP contribution in [0.15, 0.2) is 57.5 Å². The van der Waals surface area contributed by atoms with Crippen LogP contribution in [0.2, 0.25) is 0 Å². The van der Waals surface area contributed by atoms with E-state index < -0.39 is 0 Å². The first-order valence-electron chi connectivity index (χ1n) is 4.96. The highest BCUT2D eigenvalue weighted by Gasteiger charge is 2.07. The lowest BCUT2D eigenvalue weighted by atomic mass is 10.2. The van der Waals surface area contributed by atoms with E-state index in [1.165, 1.54) is 0 Å². The van der Waals surface area contributed by atoms with E-state index in [2.05, 4.69) is 31.9 Å². The van der Waals surface area contributed by atoms with Crippen LogP contribution in [-0.2, 0) is 4.79 Å². The van der Waals surface area contributed by atoms with Crippen molar-refractivity contribution >= 4 is 49.6 Å². The zero-order chi connectivity index (χ0) is 12.3. The maximum Gasteiger partial charge on any atom is 0.218 e. The summed E-state index contributed by atoms with van der Waals surface area (Å²) in [5.41, 5.74) is 1.68. The highest BCUT2D eigenvalue weighted by molar-refractivity contribution is 9.10. The minimum atomic E-state index is 0.812. The molecule has 0 aliphatic carbocycles. The number of amides is 1. The first kappa shape index (κ1) is 12.3. The Kier molecular flexibility index (Phi) is 3.97. The zero-order valence-corrected chi connectivity index (χ0v) is 12.0. The van der Waals surface area contributed by atoms with E-state index in [0.717, 1.165) is 26.7 Å². The largest absolute Gasteiger partial charge is 0.284 e. The highest BCUT2D eigenvalue weighted by Crippen LogP contribution is 2.26. The monoisotopic (exact) mass is 353 g/mol. The molecule has 2 nitrogen and oxygen atoms in total. The quantitative estimate of drug-likeness (QED) is 0.743. The molecule has 0 heterocycles. The van der Waals surface area contributed by atoms with Crippen LogP contribution < -0.4 is 4.90 Å². The van der Waals surface area contributed by atoms with Crippen molar-refractivity contribution in [1.29, 1.82) is 0 Å². The standard InChI is InChI=1S/C13H9Br2NO/c14-10-1-5-12(6-2-10)16(9-17)13-7-3-11(15)4-8-13/h1-9H. The van der Waals surface area contributed by atoms with Gasteiger partial charge in [-0.2, -0.15) is 0 Å². The van der Waals surface area contributed by atoms with Crippen molar-refractivity contribution in [1.82, 2.24) is 0 Å². The van der Waals surface area contributed by atoms with Gasteiger partial charge in [-0.15, -0.1) is 0 Å². The minimum absolute atomic E-state index is 0.812. The average Bonchev–Trinajstić information content (AvgIpc) is 2.35. The van der Waals surface area contributed by atoms with Crippen molar-refractivity contribution in [3.05, 3.63) is 57.5 Å². The Morgan fingerprint density at radius 3 is 1.41 bits per heavy atom. The predicted molar refractivity (Wildman–Crippen MR) is 76.5 cm³/mol. The lowest BCUT2D eigenvalue weighted by molar-refractivity contribution is -0.106. The average molecular weight is 355 g/mol. The lowest BCUT2D eigenvalue weighted by Gasteiger charge is -2.17. The second-order valence-corrected chi connectivity index (χ2v) is 5.26. The Labute approximate surface area is 117 Å². The van der Waals surface area contributed by atoms with E-state index in [-0.39, 0.29) is 0 Å². The Bertz CT molecular complexity index is 462. The highest BCUT2D eigenvalue weighted by atomic mass is 79.9. The zero-order valence-electron chi connectivity index (χ0n) is 8.81. The number of rotatable bonds is 3. The summed E-state index contributed by atoms with van der Waals surface area (Å²) in [5.74, 6) is 0. The second kappa shape index (κ2) is 5.47. The number of anilines is 2. The summed E-state index contributed by atoms with van der Waals surface area (Å²) in [6, 6.07) is 15.2. The molecule has 0 fully saturated rings. The van der Waals surface area contributed by atoms with Crippen LogP contribution in [0.1, 0.15) is 0 Å². The Hall–Kier alpha value is -1.13. The lowest BCUT2D eigenvalue weighted by Crippen LogP contribution is -2.13. The molecule has 17 heavy (non-hydrogen) atoms. The molecule has 0 bridgehead atoms. The summed E-state index contributed by atoms with van der Waals surface area (Å²) in [6.45, 7) is 0. The molecule has 0 radical (unpaired) electrons. The molecule has 0 saturated heterocycles. The number of carbonyl (C=O) groups excluding carboxylic acids is 1. The fraction of sp³-hybridized carbons (Fsp3) is 0. The van der Waals surface area contributed by atoms with Gasteiger partial charge < -0.3 is 0 Å². The molecule has 0 aromatic heterocycles. The number of carbonyl (C=O) groups is 1. The summed E-state index contributed by atoms with van der Waals surface area (Å²) in [7, 11) is 0. The summed E-state index contributed by atoms with van der Waals surface area (Å²) < 4.78 is 1.98. The number of hydrogen-bond acceptors (Lipinski definition) is 1. The number of hydrogen-bond donors (Lipinski definition) is 0. The topological polar surface area (TPSA) is 20.3 Å². The van der Waals surface area contributed by atoms with E-state index >= 15 is 0 Å². The molecule has 0 saturated carbocycles. The van der Waals surface area contributed by atoms with Crippen LogP contribution in [0, 0.1) is 0 Å². The van der Waals surface area contributed by atoms with Crippen LogP contribution in [0.25, 0.3) is 0 Å². The molecule has 1 amide bonds. The summed E-state index contributed by atoms with van der Waals surface area (Å²) >= 11 is 6.74. The van der Waals surface area contributed by atoms with Crippen molar-refractivity contribution in [2.24, 2.45) is 0 Å². The van der Waals surface area contributed by atoms with Gasteiger partial charge >= 0.3 is 0 Å². The minimum Gasteiger partial charge on any atom is -0.284 e. The molecule has 86 valence electrons. The van der Waals surface area contributed by atoms with E-state index in [1.807, 2.05) is 48.5 Å². The molecule has 0 N–H and O–H groups in total. The summed E-state index contributed by atoms with van der Waals surface area (Å²) in [4.78, 5) is 12.8. The van der Waals surface area contributed by atoms with Crippen LogP contribution in [-0.4, -0.2) is 6.41 Å². The third-order valence-electron chi connectivity index (χ3n) is 2.32. The smallest absolute Gasteiger partial charge is 0.218 e. The molecule has 2 rings (SSSR count). The number of nitrogens with zero attached hydrogens (tertiary/aromatic N) is 1. The van der Waals surface area contributed by atoms with Crippen molar-refractivity contribution in [3.8, 4) is 0 Å². The van der Waals surface area contributed by atoms with Gasteiger partial charge in [0.05, 0.1) is 0 Å². The first-order chi connectivity index (χ1) is 8.20. The van der Waals surface area contributed by atoms with Gasteiger partial charge in [0.25, 0.3) is 0 Å². The van der Waals surface area contributed by atoms with E-state index in [1.54, 1.807) is 4.90 Å². The van der Waals surface area contributed by atoms with Gasteiger partial charge in [-0.1, -0.05) is 31.9 Å². The van der Waals surface area contributed by atoms with E-state index in [9.17, 15) is 4.79 Å². The molecule has 0 aliphatic rings. The maximum atomic E-state index is 11.2. The first-order valence-corrected chi connectivity index (χ1v) is 6.55. The molecular formula is C13H9Br2NO. The van der Waals surface area contributed by atoms with Crippen molar-refractivity contribution < 1.29 is 4.79 Å². The van der Waals surface area contributed by atoms with Gasteiger partial charge in [0.1, 0.15) is 0 Å². The van der Waals surface area contributed by atoms with Crippen LogP contribution in [0.4, 0.5) is 11.4 Å². The molecule has 0 atom stereocenters. The van der Waals surface area contributed by atoms with Gasteiger partial charge in [-0.25, -0.2) is 0 Å². The Morgan fingerprint density at radius 1 is 0.765 bits per heavy atom. The predicted octanol–water partition coefficient (Wildman–Crippen LogP) is 4.51. The molecular weight excluding hydrogens is 346 g/mol. The van der Waals surface area contributed by atoms with Gasteiger partial charge in [0.15, 0.2) is 0 Å². The Balaban J connectivity index is 2.36. The molecule has 4 heteroatoms. The molecule has 0 spiro atoms. The molecule has 2 aromatic carbocycles. The van der Waals surface area contributed by atoms with Gasteiger partial charge in [0.2, 0.25) is 6.41 Å². The second-order valence-electron chi connectivity index (χ2n) is 3.43. The van der Waals surface area contributed by atoms with Crippen molar-refractivity contribution in [3.63, 3.8) is 0 Å². The van der Waals surface area contributed by atoms with Crippen LogP contribution in [0.5, 0.6) is 0 Å². The van der Waals surface area contributed by atoms with Crippen LogP contribution >= 0.6 is 31.9 Å². The van der Waals surface area contributed by atoms with Gasteiger partial charge in [0, 0.05) is 20.3 Å². The van der Waals surface area contributed by atoms with Gasteiger partial charge in [-0.05, 0) is 48.5 Å². The van der Waals surface area contributed by atoms with E-state index in [4.69, 9.17) is 0 Å².